The van der Waals surface area contributed by atoms with Crippen LogP contribution < -0.4 is 10.6 Å². The Kier molecular flexibility index (Phi) is 4.28. The Morgan fingerprint density at radius 2 is 1.62 bits per heavy atom. The van der Waals surface area contributed by atoms with Crippen molar-refractivity contribution in [2.24, 2.45) is 11.8 Å². The summed E-state index contributed by atoms with van der Waals surface area (Å²) in [7, 11) is -3.67. The van der Waals surface area contributed by atoms with Gasteiger partial charge >= 0.3 is 0 Å². The molecule has 4 rings (SSSR count). The third-order valence-electron chi connectivity index (χ3n) is 5.68. The second kappa shape index (κ2) is 6.35. The molecule has 6 heteroatoms. The predicted octanol–water partition coefficient (Wildman–Crippen LogP) is 3.41. The lowest BCUT2D eigenvalue weighted by atomic mass is 9.81. The van der Waals surface area contributed by atoms with Gasteiger partial charge in [-0.05, 0) is 73.0 Å². The SMILES string of the molecule is CC1CNCC(C)[C@@H]2c3cc(S(=O)(=O)c4ccc(F)cc4)ccc3N[C@@H]12. The molecule has 0 radical (unpaired) electrons. The van der Waals surface area contributed by atoms with Crippen LogP contribution in [0.4, 0.5) is 10.1 Å². The first-order valence-electron chi connectivity index (χ1n) is 9.00. The number of nitrogens with one attached hydrogen (secondary N) is 2. The van der Waals surface area contributed by atoms with Crippen LogP contribution in [0, 0.1) is 17.7 Å². The fourth-order valence-electron chi connectivity index (χ4n) is 4.28. The van der Waals surface area contributed by atoms with Crippen molar-refractivity contribution in [1.82, 2.24) is 5.32 Å². The zero-order valence-corrected chi connectivity index (χ0v) is 15.7. The number of hydrogen-bond acceptors (Lipinski definition) is 4. The third kappa shape index (κ3) is 2.81. The van der Waals surface area contributed by atoms with E-state index >= 15 is 0 Å². The van der Waals surface area contributed by atoms with Gasteiger partial charge in [-0.25, -0.2) is 12.8 Å². The Labute approximate surface area is 153 Å². The van der Waals surface area contributed by atoms with E-state index in [2.05, 4.69) is 24.5 Å². The fourth-order valence-corrected chi connectivity index (χ4v) is 5.57. The molecule has 2 aliphatic rings. The molecule has 2 aromatic rings. The van der Waals surface area contributed by atoms with Gasteiger partial charge in [0.15, 0.2) is 0 Å². The van der Waals surface area contributed by atoms with E-state index in [1.54, 1.807) is 12.1 Å². The Morgan fingerprint density at radius 1 is 0.962 bits per heavy atom. The molecule has 2 N–H and O–H groups in total. The van der Waals surface area contributed by atoms with E-state index in [-0.39, 0.29) is 15.7 Å². The molecule has 26 heavy (non-hydrogen) atoms. The Balaban J connectivity index is 1.77. The standard InChI is InChI=1S/C20H23FN2O2S/c1-12-10-22-11-13(2)20-19(12)17-9-16(7-8-18(17)23-20)26(24,25)15-5-3-14(21)4-6-15/h3-9,12-13,19-20,22-23H,10-11H2,1-2H3/t12?,13?,19-,20+/m1/s1. The van der Waals surface area contributed by atoms with Gasteiger partial charge in [-0.3, -0.25) is 0 Å². The van der Waals surface area contributed by atoms with Gasteiger partial charge in [-0.15, -0.1) is 0 Å². The molecule has 138 valence electrons. The fraction of sp³-hybridized carbons (Fsp3) is 0.400. The van der Waals surface area contributed by atoms with Crippen LogP contribution in [0.3, 0.4) is 0 Å². The van der Waals surface area contributed by atoms with E-state index in [1.807, 2.05) is 6.07 Å². The Hall–Kier alpha value is -1.92. The van der Waals surface area contributed by atoms with Crippen LogP contribution in [0.15, 0.2) is 52.3 Å². The first-order chi connectivity index (χ1) is 12.4. The summed E-state index contributed by atoms with van der Waals surface area (Å²) in [4.78, 5) is 0.382. The molecule has 0 aliphatic carbocycles. The summed E-state index contributed by atoms with van der Waals surface area (Å²) < 4.78 is 39.1. The summed E-state index contributed by atoms with van der Waals surface area (Å²) in [6, 6.07) is 10.6. The number of benzene rings is 2. The van der Waals surface area contributed by atoms with E-state index in [4.69, 9.17) is 0 Å². The number of rotatable bonds is 2. The van der Waals surface area contributed by atoms with Gasteiger partial charge in [-0.2, -0.15) is 0 Å². The van der Waals surface area contributed by atoms with Crippen LogP contribution >= 0.6 is 0 Å². The van der Waals surface area contributed by atoms with Crippen molar-refractivity contribution in [1.29, 1.82) is 0 Å². The van der Waals surface area contributed by atoms with Crippen LogP contribution in [-0.2, 0) is 9.84 Å². The average molecular weight is 374 g/mol. The minimum atomic E-state index is -3.67. The number of fused-ring (bicyclic) bond motifs is 3. The minimum Gasteiger partial charge on any atom is -0.381 e. The van der Waals surface area contributed by atoms with Gasteiger partial charge < -0.3 is 10.6 Å². The van der Waals surface area contributed by atoms with Crippen LogP contribution in [0.25, 0.3) is 0 Å². The second-order valence-corrected chi connectivity index (χ2v) is 9.46. The molecular formula is C20H23FN2O2S. The lowest BCUT2D eigenvalue weighted by molar-refractivity contribution is 0.402. The second-order valence-electron chi connectivity index (χ2n) is 7.52. The van der Waals surface area contributed by atoms with E-state index in [0.29, 0.717) is 17.9 Å². The highest BCUT2D eigenvalue weighted by Gasteiger charge is 2.40. The molecule has 2 unspecified atom stereocenters. The molecule has 1 saturated heterocycles. The summed E-state index contributed by atoms with van der Waals surface area (Å²) >= 11 is 0. The molecule has 0 amide bonds. The van der Waals surface area contributed by atoms with Crippen LogP contribution in [0.1, 0.15) is 25.3 Å². The molecule has 4 atom stereocenters. The summed E-state index contributed by atoms with van der Waals surface area (Å²) in [5.41, 5.74) is 2.10. The Morgan fingerprint density at radius 3 is 2.35 bits per heavy atom. The van der Waals surface area contributed by atoms with E-state index in [1.165, 1.54) is 24.3 Å². The minimum absolute atomic E-state index is 0.116. The molecule has 0 aromatic heterocycles. The maximum atomic E-state index is 13.2. The molecular weight excluding hydrogens is 351 g/mol. The molecule has 0 saturated carbocycles. The van der Waals surface area contributed by atoms with Crippen molar-refractivity contribution in [2.75, 3.05) is 18.4 Å². The average Bonchev–Trinajstić information content (AvgIpc) is 2.94. The summed E-state index contributed by atoms with van der Waals surface area (Å²) in [6.07, 6.45) is 0. The van der Waals surface area contributed by atoms with E-state index in [0.717, 1.165) is 24.3 Å². The zero-order valence-electron chi connectivity index (χ0n) is 14.9. The van der Waals surface area contributed by atoms with Crippen molar-refractivity contribution in [3.8, 4) is 0 Å². The molecule has 2 aromatic carbocycles. The van der Waals surface area contributed by atoms with Gasteiger partial charge in [0.1, 0.15) is 5.82 Å². The molecule has 0 bridgehead atoms. The van der Waals surface area contributed by atoms with E-state index < -0.39 is 15.7 Å². The van der Waals surface area contributed by atoms with Crippen molar-refractivity contribution < 1.29 is 12.8 Å². The first kappa shape index (κ1) is 17.5. The highest BCUT2D eigenvalue weighted by Crippen LogP contribution is 2.45. The summed E-state index contributed by atoms with van der Waals surface area (Å²) in [6.45, 7) is 6.30. The molecule has 0 spiro atoms. The topological polar surface area (TPSA) is 58.2 Å². The van der Waals surface area contributed by atoms with Gasteiger partial charge in [0.2, 0.25) is 9.84 Å². The first-order valence-corrected chi connectivity index (χ1v) is 10.5. The highest BCUT2D eigenvalue weighted by atomic mass is 32.2. The predicted molar refractivity (Wildman–Crippen MR) is 99.6 cm³/mol. The van der Waals surface area contributed by atoms with Crippen molar-refractivity contribution in [3.05, 3.63) is 53.8 Å². The number of halogens is 1. The maximum Gasteiger partial charge on any atom is 0.206 e. The molecule has 2 aliphatic heterocycles. The van der Waals surface area contributed by atoms with Crippen LogP contribution in [-0.4, -0.2) is 27.5 Å². The van der Waals surface area contributed by atoms with Gasteiger partial charge in [0.25, 0.3) is 0 Å². The van der Waals surface area contributed by atoms with Crippen molar-refractivity contribution in [2.45, 2.75) is 35.6 Å². The van der Waals surface area contributed by atoms with Crippen molar-refractivity contribution >= 4 is 15.5 Å². The number of hydrogen-bond donors (Lipinski definition) is 2. The summed E-state index contributed by atoms with van der Waals surface area (Å²) in [5, 5.41) is 7.09. The monoisotopic (exact) mass is 374 g/mol. The zero-order chi connectivity index (χ0) is 18.5. The van der Waals surface area contributed by atoms with Gasteiger partial charge in [0, 0.05) is 17.6 Å². The summed E-state index contributed by atoms with van der Waals surface area (Å²) in [5.74, 6) is 0.689. The lowest BCUT2D eigenvalue weighted by Gasteiger charge is -2.26. The lowest BCUT2D eigenvalue weighted by Crippen LogP contribution is -2.32. The normalized spacial score (nSPS) is 28.0. The quantitative estimate of drug-likeness (QED) is 0.791. The van der Waals surface area contributed by atoms with E-state index in [9.17, 15) is 12.8 Å². The smallest absolute Gasteiger partial charge is 0.206 e. The maximum absolute atomic E-state index is 13.2. The van der Waals surface area contributed by atoms with Crippen molar-refractivity contribution in [3.63, 3.8) is 0 Å². The van der Waals surface area contributed by atoms with Gasteiger partial charge in [-0.1, -0.05) is 13.8 Å². The van der Waals surface area contributed by atoms with Gasteiger partial charge in [0.05, 0.1) is 9.79 Å². The molecule has 2 heterocycles. The number of sulfone groups is 1. The van der Waals surface area contributed by atoms with Crippen LogP contribution in [0.2, 0.25) is 0 Å². The highest BCUT2D eigenvalue weighted by molar-refractivity contribution is 7.91. The van der Waals surface area contributed by atoms with Crippen LogP contribution in [0.5, 0.6) is 0 Å². The third-order valence-corrected chi connectivity index (χ3v) is 7.45. The molecule has 4 nitrogen and oxygen atoms in total. The largest absolute Gasteiger partial charge is 0.381 e. The number of anilines is 1. The molecule has 1 fully saturated rings. The Bertz CT molecular complexity index is 927.